The molecule has 0 aliphatic carbocycles. The molecule has 0 radical (unpaired) electrons. The molecule has 0 saturated carbocycles. The van der Waals surface area contributed by atoms with E-state index in [0.717, 1.165) is 95.7 Å². The van der Waals surface area contributed by atoms with E-state index in [2.05, 4.69) is 46.1 Å². The Labute approximate surface area is 465 Å². The van der Waals surface area contributed by atoms with Crippen LogP contribution in [0.1, 0.15) is 43.4 Å². The van der Waals surface area contributed by atoms with Gasteiger partial charge in [0.15, 0.2) is 14.7 Å². The second kappa shape index (κ2) is 33.7. The topological polar surface area (TPSA) is 334 Å². The third-order valence-electron chi connectivity index (χ3n) is 12.6. The number of allylic oxidation sites excluding steroid dienone is 3. The number of anilines is 3. The van der Waals surface area contributed by atoms with Crippen LogP contribution in [-0.2, 0) is 39.5 Å². The van der Waals surface area contributed by atoms with Gasteiger partial charge in [-0.2, -0.15) is 15.8 Å². The third-order valence-corrected chi connectivity index (χ3v) is 16.6. The van der Waals surface area contributed by atoms with Gasteiger partial charge in [0.1, 0.15) is 18.2 Å². The normalized spacial score (nSPS) is 17.3. The van der Waals surface area contributed by atoms with Crippen LogP contribution >= 0.6 is 0 Å². The summed E-state index contributed by atoms with van der Waals surface area (Å²) in [5, 5.41) is 67.9. The summed E-state index contributed by atoms with van der Waals surface area (Å²) >= 11 is 0. The average Bonchev–Trinajstić information content (AvgIpc) is 3.47. The second-order valence-electron chi connectivity index (χ2n) is 18.5. The number of hydrogen-bond acceptors (Lipinski definition) is 20. The molecular formula is C53H75N11O12S3. The first-order valence-electron chi connectivity index (χ1n) is 25.9. The number of nitrogens with one attached hydrogen (secondary N) is 4. The van der Waals surface area contributed by atoms with E-state index in [1.165, 1.54) is 18.2 Å². The second-order valence-corrected chi connectivity index (χ2v) is 23.7. The molecule has 3 atom stereocenters. The maximum Gasteiger partial charge on any atom is 0.250 e. The molecule has 3 aromatic rings. The number of sulfonamides is 3. The summed E-state index contributed by atoms with van der Waals surface area (Å²) < 4.78 is 90.3. The number of benzene rings is 3. The number of ether oxygens (including phenoxy) is 2. The van der Waals surface area contributed by atoms with E-state index in [9.17, 15) is 51.1 Å². The Morgan fingerprint density at radius 1 is 0.557 bits per heavy atom. The third kappa shape index (κ3) is 23.0. The van der Waals surface area contributed by atoms with Crippen LogP contribution in [0.25, 0.3) is 18.2 Å². The zero-order chi connectivity index (χ0) is 57.9. The number of aliphatic hydroxyl groups excluding tert-OH is 4. The highest BCUT2D eigenvalue weighted by molar-refractivity contribution is 7.94. The van der Waals surface area contributed by atoms with E-state index in [-0.39, 0.29) is 29.4 Å². The zero-order valence-electron chi connectivity index (χ0n) is 44.9. The van der Waals surface area contributed by atoms with Gasteiger partial charge in [-0.1, -0.05) is 50.2 Å². The molecule has 432 valence electrons. The highest BCUT2D eigenvalue weighted by atomic mass is 32.2. The number of nitrogens with zero attached hydrogens (tertiary/aromatic N) is 7. The molecule has 3 aliphatic heterocycles. The molecular weight excluding hydrogens is 1080 g/mol. The first-order valence-corrected chi connectivity index (χ1v) is 30.3. The van der Waals surface area contributed by atoms with E-state index in [0.29, 0.717) is 42.7 Å². The lowest BCUT2D eigenvalue weighted by molar-refractivity contribution is 0.0398. The van der Waals surface area contributed by atoms with Crippen LogP contribution in [0.15, 0.2) is 87.5 Å². The summed E-state index contributed by atoms with van der Waals surface area (Å²) in [5.41, 5.74) is 4.84. The minimum Gasteiger partial charge on any atom is -0.394 e. The molecule has 3 heterocycles. The molecule has 6 rings (SSSR count). The number of morpholine rings is 2. The van der Waals surface area contributed by atoms with E-state index >= 15 is 0 Å². The van der Waals surface area contributed by atoms with Crippen LogP contribution in [-0.4, -0.2) is 199 Å². The maximum absolute atomic E-state index is 12.2. The number of piperazine rings is 1. The van der Waals surface area contributed by atoms with Crippen molar-refractivity contribution in [1.29, 1.82) is 15.8 Å². The molecule has 3 aromatic carbocycles. The van der Waals surface area contributed by atoms with Crippen LogP contribution < -0.4 is 29.3 Å². The smallest absolute Gasteiger partial charge is 0.250 e. The molecule has 23 nitrogen and oxygen atoms in total. The largest absolute Gasteiger partial charge is 0.394 e. The van der Waals surface area contributed by atoms with E-state index in [1.54, 1.807) is 68.5 Å². The molecule has 0 amide bonds. The fourth-order valence-electron chi connectivity index (χ4n) is 7.50. The standard InChI is InChI=1S/C19H28N4O4S.C17H24N4O4S.C17H23N3O4S/c1-2-18(24)15-22-28(25,26)19(14-20)13-16-3-5-17(6-4-16)21-7-8-23-9-11-27-12-10-23;1-20-6-8-21(9-7-20)15-4-2-14(3-5-15)10-17(11-18)26(24,25)19-12-16(23)13-22;1-2-16(21)13-19-25(22,23)17(12-18)11-14-3-5-15(6-4-14)20-7-9-24-10-8-20/h3-6,13,18,21-22,24H,2,7-12,15H2,1H3;2-5,10,16,19,22-23H,6-9,12-13H2,1H3;3-6,11,16,19,21H,2,7-10,13H2,1H3/b19-13+;17-10+;17-11+. The van der Waals surface area contributed by atoms with Gasteiger partial charge in [-0.05, 0) is 91.2 Å². The Balaban J connectivity index is 0.000000256. The van der Waals surface area contributed by atoms with Crippen LogP contribution in [0.4, 0.5) is 17.1 Å². The van der Waals surface area contributed by atoms with Crippen molar-refractivity contribution in [1.82, 2.24) is 24.0 Å². The maximum atomic E-state index is 12.2. The average molecular weight is 1150 g/mol. The highest BCUT2D eigenvalue weighted by Crippen LogP contribution is 2.22. The number of likely N-dealkylation sites (N-methyl/N-ethyl adjacent to an activating group) is 1. The Kier molecular flexibility index (Phi) is 28.0. The molecule has 3 saturated heterocycles. The Hall–Kier alpha value is -5.84. The van der Waals surface area contributed by atoms with Gasteiger partial charge >= 0.3 is 0 Å². The number of rotatable bonds is 24. The summed E-state index contributed by atoms with van der Waals surface area (Å²) in [6, 6.07) is 27.0. The molecule has 3 aliphatic rings. The van der Waals surface area contributed by atoms with E-state index in [1.807, 2.05) is 36.4 Å². The summed E-state index contributed by atoms with van der Waals surface area (Å²) in [7, 11) is -9.86. The van der Waals surface area contributed by atoms with Crippen molar-refractivity contribution in [2.45, 2.75) is 45.0 Å². The Morgan fingerprint density at radius 3 is 1.28 bits per heavy atom. The number of aliphatic hydroxyl groups is 4. The zero-order valence-corrected chi connectivity index (χ0v) is 47.4. The lowest BCUT2D eigenvalue weighted by Crippen LogP contribution is -2.44. The quantitative estimate of drug-likeness (QED) is 0.0591. The van der Waals surface area contributed by atoms with Crippen LogP contribution in [0, 0.1) is 34.0 Å². The van der Waals surface area contributed by atoms with Crippen molar-refractivity contribution in [2.75, 3.05) is 140 Å². The molecule has 0 spiro atoms. The van der Waals surface area contributed by atoms with Crippen molar-refractivity contribution < 1.29 is 55.2 Å². The van der Waals surface area contributed by atoms with Gasteiger partial charge in [-0.3, -0.25) is 4.90 Å². The van der Waals surface area contributed by atoms with Gasteiger partial charge in [-0.15, -0.1) is 0 Å². The molecule has 8 N–H and O–H groups in total. The van der Waals surface area contributed by atoms with Gasteiger partial charge in [0.2, 0.25) is 0 Å². The van der Waals surface area contributed by atoms with Gasteiger partial charge in [0.05, 0.1) is 51.3 Å². The van der Waals surface area contributed by atoms with Crippen molar-refractivity contribution >= 4 is 65.4 Å². The number of nitriles is 3. The van der Waals surface area contributed by atoms with Gasteiger partial charge < -0.3 is 49.9 Å². The Morgan fingerprint density at radius 2 is 0.911 bits per heavy atom. The predicted molar refractivity (Wildman–Crippen MR) is 305 cm³/mol. The molecule has 26 heteroatoms. The van der Waals surface area contributed by atoms with Crippen LogP contribution in [0.5, 0.6) is 0 Å². The van der Waals surface area contributed by atoms with Crippen molar-refractivity contribution in [2.24, 2.45) is 0 Å². The summed E-state index contributed by atoms with van der Waals surface area (Å²) in [4.78, 5) is 7.83. The van der Waals surface area contributed by atoms with E-state index < -0.39 is 59.9 Å². The van der Waals surface area contributed by atoms with Crippen LogP contribution in [0.3, 0.4) is 0 Å². The summed E-state index contributed by atoms with van der Waals surface area (Å²) in [5.74, 6) is 0. The van der Waals surface area contributed by atoms with Crippen LogP contribution in [0.2, 0.25) is 0 Å². The fraction of sp³-hybridized carbons (Fsp3) is 0.491. The van der Waals surface area contributed by atoms with Gasteiger partial charge in [0, 0.05) is 102 Å². The predicted octanol–water partition coefficient (Wildman–Crippen LogP) is 1.64. The summed E-state index contributed by atoms with van der Waals surface area (Å²) in [6.45, 7) is 14.3. The first-order chi connectivity index (χ1) is 37.8. The van der Waals surface area contributed by atoms with Crippen molar-refractivity contribution in [3.63, 3.8) is 0 Å². The minimum atomic E-state index is -4.05. The van der Waals surface area contributed by atoms with Gasteiger partial charge in [-0.25, -0.2) is 39.4 Å². The Bertz CT molecular complexity index is 2910. The molecule has 0 aromatic heterocycles. The minimum absolute atomic E-state index is 0.117. The lowest BCUT2D eigenvalue weighted by Gasteiger charge is -2.34. The van der Waals surface area contributed by atoms with E-state index in [4.69, 9.17) is 19.8 Å². The molecule has 0 bridgehead atoms. The summed E-state index contributed by atoms with van der Waals surface area (Å²) in [6.07, 6.45) is 2.00. The molecule has 79 heavy (non-hydrogen) atoms. The highest BCUT2D eigenvalue weighted by Gasteiger charge is 2.22. The monoisotopic (exact) mass is 1150 g/mol. The lowest BCUT2D eigenvalue weighted by atomic mass is 10.1. The van der Waals surface area contributed by atoms with Crippen molar-refractivity contribution in [3.8, 4) is 18.2 Å². The molecule has 3 fully saturated rings. The molecule has 3 unspecified atom stereocenters. The fourth-order valence-corrected chi connectivity index (χ4v) is 10.4. The van der Waals surface area contributed by atoms with Gasteiger partial charge in [0.25, 0.3) is 30.1 Å². The SMILES string of the molecule is CCC(O)CNS(=O)(=O)/C(C#N)=C/c1ccc(N2CCOCC2)cc1.CCC(O)CNS(=O)(=O)/C(C#N)=C/c1ccc(NCCN2CCOCC2)cc1.CN1CCN(c2ccc(/C=C(\C#N)S(=O)(=O)NCC(O)CO)cc2)CC1. The number of hydrogen-bond donors (Lipinski definition) is 8. The first kappa shape index (κ1) is 65.7. The van der Waals surface area contributed by atoms with Crippen molar-refractivity contribution in [3.05, 3.63) is 104 Å².